The van der Waals surface area contributed by atoms with Crippen LogP contribution in [-0.4, -0.2) is 6.61 Å². The van der Waals surface area contributed by atoms with Crippen molar-refractivity contribution in [2.24, 2.45) is 0 Å². The molecule has 0 unspecified atom stereocenters. The lowest BCUT2D eigenvalue weighted by molar-refractivity contribution is 0.309. The maximum atomic E-state index is 13.3. The van der Waals surface area contributed by atoms with Crippen LogP contribution in [0.2, 0.25) is 0 Å². The number of unbranched alkanes of at least 4 members (excludes halogenated alkanes) is 1. The number of ether oxygens (including phenoxy) is 1. The highest BCUT2D eigenvalue weighted by molar-refractivity contribution is 5.46. The van der Waals surface area contributed by atoms with Gasteiger partial charge in [-0.05, 0) is 54.8 Å². The number of aryl methyl sites for hydroxylation is 1. The van der Waals surface area contributed by atoms with E-state index >= 15 is 0 Å². The van der Waals surface area contributed by atoms with Gasteiger partial charge in [0.25, 0.3) is 0 Å². The Morgan fingerprint density at radius 2 is 1.86 bits per heavy atom. The van der Waals surface area contributed by atoms with Crippen molar-refractivity contribution in [2.75, 3.05) is 11.9 Å². The molecule has 0 atom stereocenters. The molecular weight excluding hydrogens is 265 g/mol. The molecule has 0 saturated carbocycles. The van der Waals surface area contributed by atoms with Gasteiger partial charge in [0.05, 0.1) is 6.61 Å². The molecule has 0 heterocycles. The third-order valence-corrected chi connectivity index (χ3v) is 3.23. The number of anilines is 1. The molecule has 21 heavy (non-hydrogen) atoms. The second kappa shape index (κ2) is 7.67. The van der Waals surface area contributed by atoms with E-state index in [2.05, 4.69) is 12.2 Å². The van der Waals surface area contributed by atoms with Crippen LogP contribution >= 0.6 is 0 Å². The maximum Gasteiger partial charge on any atom is 0.125 e. The topological polar surface area (TPSA) is 21.3 Å². The van der Waals surface area contributed by atoms with Crippen LogP contribution in [-0.2, 0) is 6.54 Å². The van der Waals surface area contributed by atoms with Crippen LogP contribution in [0.25, 0.3) is 0 Å². The standard InChI is InChI=1S/C18H22FNO/c1-3-4-9-21-18-7-5-15(6-8-18)13-20-17-11-14(2)10-16(19)12-17/h5-8,10-12,20H,3-4,9,13H2,1-2H3. The number of benzene rings is 2. The first-order valence-electron chi connectivity index (χ1n) is 7.40. The van der Waals surface area contributed by atoms with Crippen LogP contribution in [0.5, 0.6) is 5.75 Å². The lowest BCUT2D eigenvalue weighted by atomic mass is 10.2. The predicted octanol–water partition coefficient (Wildman–Crippen LogP) is 4.93. The number of halogens is 1. The van der Waals surface area contributed by atoms with Crippen LogP contribution in [0.4, 0.5) is 10.1 Å². The number of hydrogen-bond acceptors (Lipinski definition) is 2. The van der Waals surface area contributed by atoms with E-state index in [9.17, 15) is 4.39 Å². The summed E-state index contributed by atoms with van der Waals surface area (Å²) in [6, 6.07) is 13.0. The molecule has 2 rings (SSSR count). The van der Waals surface area contributed by atoms with Gasteiger partial charge in [-0.2, -0.15) is 0 Å². The lowest BCUT2D eigenvalue weighted by Gasteiger charge is -2.09. The molecule has 0 bridgehead atoms. The summed E-state index contributed by atoms with van der Waals surface area (Å²) in [5.74, 6) is 0.686. The van der Waals surface area contributed by atoms with E-state index < -0.39 is 0 Å². The Balaban J connectivity index is 1.88. The van der Waals surface area contributed by atoms with Crippen LogP contribution in [0.3, 0.4) is 0 Å². The van der Waals surface area contributed by atoms with Crippen LogP contribution < -0.4 is 10.1 Å². The fraction of sp³-hybridized carbons (Fsp3) is 0.333. The highest BCUT2D eigenvalue weighted by Crippen LogP contribution is 2.16. The molecule has 3 heteroatoms. The SMILES string of the molecule is CCCCOc1ccc(CNc2cc(C)cc(F)c2)cc1. The summed E-state index contributed by atoms with van der Waals surface area (Å²) in [5.41, 5.74) is 2.85. The summed E-state index contributed by atoms with van der Waals surface area (Å²) < 4.78 is 18.9. The fourth-order valence-electron chi connectivity index (χ4n) is 2.08. The number of nitrogens with one attached hydrogen (secondary N) is 1. The first kappa shape index (κ1) is 15.4. The van der Waals surface area contributed by atoms with Crippen LogP contribution in [0.15, 0.2) is 42.5 Å². The molecule has 0 amide bonds. The second-order valence-electron chi connectivity index (χ2n) is 5.22. The smallest absolute Gasteiger partial charge is 0.125 e. The van der Waals surface area contributed by atoms with Crippen molar-refractivity contribution >= 4 is 5.69 Å². The summed E-state index contributed by atoms with van der Waals surface area (Å²) in [7, 11) is 0. The first-order chi connectivity index (χ1) is 10.2. The molecule has 1 N–H and O–H groups in total. The molecule has 0 fully saturated rings. The Morgan fingerprint density at radius 1 is 1.10 bits per heavy atom. The van der Waals surface area contributed by atoms with E-state index in [0.29, 0.717) is 6.54 Å². The number of hydrogen-bond donors (Lipinski definition) is 1. The van der Waals surface area contributed by atoms with Crippen molar-refractivity contribution in [3.8, 4) is 5.75 Å². The number of rotatable bonds is 7. The van der Waals surface area contributed by atoms with Crippen molar-refractivity contribution in [1.82, 2.24) is 0 Å². The van der Waals surface area contributed by atoms with E-state index in [1.54, 1.807) is 0 Å². The molecule has 0 aliphatic rings. The average molecular weight is 287 g/mol. The van der Waals surface area contributed by atoms with E-state index in [1.807, 2.05) is 37.3 Å². The summed E-state index contributed by atoms with van der Waals surface area (Å²) in [6.07, 6.45) is 2.21. The largest absolute Gasteiger partial charge is 0.494 e. The maximum absolute atomic E-state index is 13.3. The van der Waals surface area contributed by atoms with Crippen LogP contribution in [0, 0.1) is 12.7 Å². The van der Waals surface area contributed by atoms with Gasteiger partial charge in [-0.15, -0.1) is 0 Å². The highest BCUT2D eigenvalue weighted by atomic mass is 19.1. The van der Waals surface area contributed by atoms with Gasteiger partial charge in [-0.1, -0.05) is 25.5 Å². The Kier molecular flexibility index (Phi) is 5.61. The molecule has 0 spiro atoms. The van der Waals surface area contributed by atoms with Crippen molar-refractivity contribution in [1.29, 1.82) is 0 Å². The van der Waals surface area contributed by atoms with Gasteiger partial charge < -0.3 is 10.1 Å². The third-order valence-electron chi connectivity index (χ3n) is 3.23. The van der Waals surface area contributed by atoms with Gasteiger partial charge in [0.1, 0.15) is 11.6 Å². The summed E-state index contributed by atoms with van der Waals surface area (Å²) >= 11 is 0. The van der Waals surface area contributed by atoms with Crippen molar-refractivity contribution < 1.29 is 9.13 Å². The van der Waals surface area contributed by atoms with Crippen molar-refractivity contribution in [3.05, 3.63) is 59.4 Å². The minimum absolute atomic E-state index is 0.211. The van der Waals surface area contributed by atoms with E-state index in [-0.39, 0.29) is 5.82 Å². The van der Waals surface area contributed by atoms with Crippen molar-refractivity contribution in [2.45, 2.75) is 33.2 Å². The first-order valence-corrected chi connectivity index (χ1v) is 7.40. The Bertz CT molecular complexity index is 546. The highest BCUT2D eigenvalue weighted by Gasteiger charge is 1.99. The molecule has 2 nitrogen and oxygen atoms in total. The lowest BCUT2D eigenvalue weighted by Crippen LogP contribution is -2.01. The van der Waals surface area contributed by atoms with Gasteiger partial charge in [0.2, 0.25) is 0 Å². The minimum atomic E-state index is -0.211. The average Bonchev–Trinajstić information content (AvgIpc) is 2.46. The normalized spacial score (nSPS) is 10.4. The molecule has 0 radical (unpaired) electrons. The summed E-state index contributed by atoms with van der Waals surface area (Å²) in [4.78, 5) is 0. The minimum Gasteiger partial charge on any atom is -0.494 e. The van der Waals surface area contributed by atoms with Crippen molar-refractivity contribution in [3.63, 3.8) is 0 Å². The third kappa shape index (κ3) is 5.10. The molecule has 0 saturated heterocycles. The summed E-state index contributed by atoms with van der Waals surface area (Å²) in [5, 5.41) is 3.23. The van der Waals surface area contributed by atoms with Gasteiger partial charge >= 0.3 is 0 Å². The molecule has 0 aromatic heterocycles. The second-order valence-corrected chi connectivity index (χ2v) is 5.22. The molecule has 0 aliphatic carbocycles. The quantitative estimate of drug-likeness (QED) is 0.729. The Labute approximate surface area is 126 Å². The zero-order chi connectivity index (χ0) is 15.1. The molecule has 112 valence electrons. The molecule has 2 aromatic rings. The summed E-state index contributed by atoms with van der Waals surface area (Å²) in [6.45, 7) is 5.46. The van der Waals surface area contributed by atoms with Crippen LogP contribution in [0.1, 0.15) is 30.9 Å². The Hall–Kier alpha value is -2.03. The predicted molar refractivity (Wildman–Crippen MR) is 85.3 cm³/mol. The molecule has 0 aliphatic heterocycles. The van der Waals surface area contributed by atoms with E-state index in [0.717, 1.165) is 42.0 Å². The van der Waals surface area contributed by atoms with E-state index in [1.165, 1.54) is 12.1 Å². The van der Waals surface area contributed by atoms with Gasteiger partial charge in [-0.25, -0.2) is 4.39 Å². The monoisotopic (exact) mass is 287 g/mol. The Morgan fingerprint density at radius 3 is 2.52 bits per heavy atom. The van der Waals surface area contributed by atoms with Gasteiger partial charge in [0.15, 0.2) is 0 Å². The van der Waals surface area contributed by atoms with Gasteiger partial charge in [-0.3, -0.25) is 0 Å². The van der Waals surface area contributed by atoms with Gasteiger partial charge in [0, 0.05) is 12.2 Å². The molecule has 2 aromatic carbocycles. The zero-order valence-electron chi connectivity index (χ0n) is 12.7. The van der Waals surface area contributed by atoms with E-state index in [4.69, 9.17) is 4.74 Å². The fourth-order valence-corrected chi connectivity index (χ4v) is 2.08. The zero-order valence-corrected chi connectivity index (χ0v) is 12.7. The molecular formula is C18H22FNO.